The third-order valence-electron chi connectivity index (χ3n) is 2.99. The Morgan fingerprint density at radius 3 is 2.88 bits per heavy atom. The minimum Gasteiger partial charge on any atom is -0.493 e. The predicted molar refractivity (Wildman–Crippen MR) is 66.3 cm³/mol. The van der Waals surface area contributed by atoms with Crippen LogP contribution in [-0.2, 0) is 6.42 Å². The first-order valence-corrected chi connectivity index (χ1v) is 6.37. The van der Waals surface area contributed by atoms with Crippen LogP contribution < -0.4 is 4.74 Å². The summed E-state index contributed by atoms with van der Waals surface area (Å²) in [7, 11) is 0. The van der Waals surface area contributed by atoms with Gasteiger partial charge < -0.3 is 4.74 Å². The van der Waals surface area contributed by atoms with Crippen molar-refractivity contribution in [3.8, 4) is 11.8 Å². The zero-order chi connectivity index (χ0) is 11.4. The maximum atomic E-state index is 8.75. The van der Waals surface area contributed by atoms with Crippen LogP contribution in [-0.4, -0.2) is 6.61 Å². The number of benzene rings is 1. The topological polar surface area (TPSA) is 33.0 Å². The third kappa shape index (κ3) is 2.76. The van der Waals surface area contributed by atoms with E-state index in [-0.39, 0.29) is 0 Å². The van der Waals surface area contributed by atoms with E-state index < -0.39 is 0 Å². The molecule has 0 amide bonds. The van der Waals surface area contributed by atoms with Gasteiger partial charge in [-0.2, -0.15) is 5.26 Å². The minimum atomic E-state index is 0.402. The molecule has 84 valence electrons. The maximum absolute atomic E-state index is 8.75. The Kier molecular flexibility index (Phi) is 3.84. The molecular formula is C13H14BrNO. The quantitative estimate of drug-likeness (QED) is 0.842. The molecule has 0 aromatic heterocycles. The summed E-state index contributed by atoms with van der Waals surface area (Å²) in [5.74, 6) is 1.58. The van der Waals surface area contributed by atoms with Gasteiger partial charge in [0.15, 0.2) is 0 Å². The molecule has 16 heavy (non-hydrogen) atoms. The molecule has 0 heterocycles. The van der Waals surface area contributed by atoms with Crippen LogP contribution in [0.15, 0.2) is 22.7 Å². The van der Waals surface area contributed by atoms with Crippen LogP contribution in [0, 0.1) is 17.2 Å². The lowest BCUT2D eigenvalue weighted by atomic mass is 9.86. The molecule has 1 aromatic carbocycles. The highest BCUT2D eigenvalue weighted by Crippen LogP contribution is 2.29. The second kappa shape index (κ2) is 5.36. The molecule has 0 atom stereocenters. The fourth-order valence-electron chi connectivity index (χ4n) is 1.78. The van der Waals surface area contributed by atoms with Gasteiger partial charge >= 0.3 is 0 Å². The summed E-state index contributed by atoms with van der Waals surface area (Å²) in [5, 5.41) is 8.75. The average Bonchev–Trinajstić information content (AvgIpc) is 2.19. The van der Waals surface area contributed by atoms with E-state index in [1.54, 1.807) is 0 Å². The van der Waals surface area contributed by atoms with Crippen LogP contribution in [0.1, 0.15) is 24.8 Å². The Hall–Kier alpha value is -1.01. The summed E-state index contributed by atoms with van der Waals surface area (Å²) in [6.45, 7) is 0.792. The summed E-state index contributed by atoms with van der Waals surface area (Å²) >= 11 is 3.41. The molecule has 1 aliphatic carbocycles. The summed E-state index contributed by atoms with van der Waals surface area (Å²) in [5.41, 5.74) is 0.969. The largest absolute Gasteiger partial charge is 0.493 e. The summed E-state index contributed by atoms with van der Waals surface area (Å²) < 4.78 is 6.77. The van der Waals surface area contributed by atoms with E-state index in [0.29, 0.717) is 6.42 Å². The van der Waals surface area contributed by atoms with Gasteiger partial charge in [-0.3, -0.25) is 0 Å². The van der Waals surface area contributed by atoms with E-state index in [4.69, 9.17) is 10.00 Å². The smallest absolute Gasteiger partial charge is 0.123 e. The van der Waals surface area contributed by atoms with Crippen LogP contribution >= 0.6 is 15.9 Å². The average molecular weight is 280 g/mol. The zero-order valence-electron chi connectivity index (χ0n) is 9.08. The number of halogens is 1. The lowest BCUT2D eigenvalue weighted by molar-refractivity contribution is 0.179. The van der Waals surface area contributed by atoms with Crippen molar-refractivity contribution in [1.82, 2.24) is 0 Å². The van der Waals surface area contributed by atoms with Crippen LogP contribution in [0.3, 0.4) is 0 Å². The fourth-order valence-corrected chi connectivity index (χ4v) is 2.19. The van der Waals surface area contributed by atoms with E-state index in [1.807, 2.05) is 18.2 Å². The number of nitrogens with zero attached hydrogens (tertiary/aromatic N) is 1. The monoisotopic (exact) mass is 279 g/mol. The molecule has 0 bridgehead atoms. The van der Waals surface area contributed by atoms with Crippen LogP contribution in [0.25, 0.3) is 0 Å². The van der Waals surface area contributed by atoms with Gasteiger partial charge in [-0.15, -0.1) is 0 Å². The first-order valence-electron chi connectivity index (χ1n) is 5.58. The van der Waals surface area contributed by atoms with Crippen LogP contribution in [0.5, 0.6) is 5.75 Å². The lowest BCUT2D eigenvalue weighted by Crippen LogP contribution is -2.19. The van der Waals surface area contributed by atoms with Crippen molar-refractivity contribution in [3.63, 3.8) is 0 Å². The van der Waals surface area contributed by atoms with Crippen molar-refractivity contribution in [3.05, 3.63) is 28.2 Å². The first-order chi connectivity index (χ1) is 7.79. The van der Waals surface area contributed by atoms with Gasteiger partial charge in [-0.25, -0.2) is 0 Å². The van der Waals surface area contributed by atoms with E-state index in [2.05, 4.69) is 22.0 Å². The van der Waals surface area contributed by atoms with Crippen molar-refractivity contribution < 1.29 is 4.74 Å². The predicted octanol–water partition coefficient (Wildman–Crippen LogP) is 3.69. The summed E-state index contributed by atoms with van der Waals surface area (Å²) in [4.78, 5) is 0. The Bertz CT molecular complexity index is 407. The molecule has 1 aromatic rings. The van der Waals surface area contributed by atoms with Crippen molar-refractivity contribution >= 4 is 15.9 Å². The van der Waals surface area contributed by atoms with Gasteiger partial charge in [0.2, 0.25) is 0 Å². The van der Waals surface area contributed by atoms with Crippen molar-refractivity contribution in [2.75, 3.05) is 6.61 Å². The Labute approximate surface area is 104 Å². The van der Waals surface area contributed by atoms with Crippen LogP contribution in [0.2, 0.25) is 0 Å². The van der Waals surface area contributed by atoms with Crippen molar-refractivity contribution in [2.24, 2.45) is 5.92 Å². The van der Waals surface area contributed by atoms with Gasteiger partial charge in [0.25, 0.3) is 0 Å². The highest BCUT2D eigenvalue weighted by Gasteiger charge is 2.18. The van der Waals surface area contributed by atoms with Gasteiger partial charge in [-0.1, -0.05) is 22.4 Å². The third-order valence-corrected chi connectivity index (χ3v) is 3.48. The first kappa shape index (κ1) is 11.5. The molecule has 0 unspecified atom stereocenters. The minimum absolute atomic E-state index is 0.402. The SMILES string of the molecule is N#CCc1cc(Br)ccc1OCC1CCC1. The number of hydrogen-bond donors (Lipinski definition) is 0. The van der Waals surface area contributed by atoms with Gasteiger partial charge in [0.1, 0.15) is 5.75 Å². The lowest BCUT2D eigenvalue weighted by Gasteiger charge is -2.25. The van der Waals surface area contributed by atoms with Crippen LogP contribution in [0.4, 0.5) is 0 Å². The maximum Gasteiger partial charge on any atom is 0.123 e. The number of hydrogen-bond acceptors (Lipinski definition) is 2. The second-order valence-corrected chi connectivity index (χ2v) is 5.11. The molecule has 0 aliphatic heterocycles. The standard InChI is InChI=1S/C13H14BrNO/c14-12-4-5-13(11(8-12)6-7-15)16-9-10-2-1-3-10/h4-5,8,10H,1-3,6,9H2. The number of ether oxygens (including phenoxy) is 1. The molecule has 3 heteroatoms. The molecule has 2 rings (SSSR count). The molecular weight excluding hydrogens is 266 g/mol. The van der Waals surface area contributed by atoms with Gasteiger partial charge in [0.05, 0.1) is 19.1 Å². The van der Waals surface area contributed by atoms with E-state index in [9.17, 15) is 0 Å². The Morgan fingerprint density at radius 1 is 1.44 bits per heavy atom. The van der Waals surface area contributed by atoms with E-state index in [1.165, 1.54) is 19.3 Å². The van der Waals surface area contributed by atoms with Crippen molar-refractivity contribution in [2.45, 2.75) is 25.7 Å². The molecule has 1 fully saturated rings. The highest BCUT2D eigenvalue weighted by atomic mass is 79.9. The van der Waals surface area contributed by atoms with E-state index >= 15 is 0 Å². The Balaban J connectivity index is 2.03. The van der Waals surface area contributed by atoms with Crippen molar-refractivity contribution in [1.29, 1.82) is 5.26 Å². The second-order valence-electron chi connectivity index (χ2n) is 4.19. The fraction of sp³-hybridized carbons (Fsp3) is 0.462. The summed E-state index contributed by atoms with van der Waals surface area (Å²) in [6, 6.07) is 8.02. The van der Waals surface area contributed by atoms with E-state index in [0.717, 1.165) is 28.3 Å². The van der Waals surface area contributed by atoms with Gasteiger partial charge in [0, 0.05) is 10.0 Å². The number of nitriles is 1. The molecule has 1 aliphatic rings. The molecule has 2 nitrogen and oxygen atoms in total. The molecule has 1 saturated carbocycles. The zero-order valence-corrected chi connectivity index (χ0v) is 10.7. The number of rotatable bonds is 4. The Morgan fingerprint density at radius 2 is 2.25 bits per heavy atom. The molecule has 0 spiro atoms. The van der Waals surface area contributed by atoms with Gasteiger partial charge in [-0.05, 0) is 37.0 Å². The molecule has 0 saturated heterocycles. The molecule has 0 N–H and O–H groups in total. The summed E-state index contributed by atoms with van der Waals surface area (Å²) in [6.07, 6.45) is 4.30. The normalized spacial score (nSPS) is 15.2. The highest BCUT2D eigenvalue weighted by molar-refractivity contribution is 9.10. The molecule has 0 radical (unpaired) electrons.